The van der Waals surface area contributed by atoms with Crippen LogP contribution in [0.2, 0.25) is 0 Å². The highest BCUT2D eigenvalue weighted by Crippen LogP contribution is 2.28. The van der Waals surface area contributed by atoms with Crippen molar-refractivity contribution >= 4 is 22.9 Å². The van der Waals surface area contributed by atoms with E-state index in [-0.39, 0.29) is 5.91 Å². The van der Waals surface area contributed by atoms with Gasteiger partial charge in [0.05, 0.1) is 16.6 Å². The molecule has 0 atom stereocenters. The van der Waals surface area contributed by atoms with Gasteiger partial charge in [-0.25, -0.2) is 4.98 Å². The zero-order chi connectivity index (χ0) is 14.4. The summed E-state index contributed by atoms with van der Waals surface area (Å²) in [7, 11) is 0. The zero-order valence-corrected chi connectivity index (χ0v) is 11.7. The number of nitrogens with zero attached hydrogens (tertiary/aromatic N) is 4. The van der Waals surface area contributed by atoms with Crippen molar-refractivity contribution in [2.24, 2.45) is 0 Å². The van der Waals surface area contributed by atoms with Crippen LogP contribution in [0.15, 0.2) is 42.6 Å². The van der Waals surface area contributed by atoms with Crippen LogP contribution in [0.25, 0.3) is 11.0 Å². The molecule has 5 heteroatoms. The third-order valence-corrected chi connectivity index (χ3v) is 3.83. The maximum atomic E-state index is 12.6. The van der Waals surface area contributed by atoms with E-state index < -0.39 is 0 Å². The molecule has 0 N–H and O–H groups in total. The van der Waals surface area contributed by atoms with Gasteiger partial charge in [0.15, 0.2) is 0 Å². The minimum Gasteiger partial charge on any atom is -0.308 e. The molecule has 0 aliphatic carbocycles. The number of rotatable bonds is 1. The molecule has 1 aliphatic rings. The Morgan fingerprint density at radius 1 is 1.14 bits per heavy atom. The van der Waals surface area contributed by atoms with Gasteiger partial charge in [0.2, 0.25) is 5.95 Å². The number of aromatic nitrogens is 3. The minimum absolute atomic E-state index is 0.0449. The van der Waals surface area contributed by atoms with Crippen molar-refractivity contribution in [2.45, 2.75) is 13.5 Å². The molecule has 1 aromatic carbocycles. The molecule has 0 saturated heterocycles. The predicted octanol–water partition coefficient (Wildman–Crippen LogP) is 2.40. The second-order valence-corrected chi connectivity index (χ2v) is 5.20. The second-order valence-electron chi connectivity index (χ2n) is 5.20. The van der Waals surface area contributed by atoms with Crippen molar-refractivity contribution in [3.8, 4) is 0 Å². The normalized spacial score (nSPS) is 13.7. The molecule has 0 bridgehead atoms. The quantitative estimate of drug-likeness (QED) is 0.687. The summed E-state index contributed by atoms with van der Waals surface area (Å²) in [6, 6.07) is 11.6. The van der Waals surface area contributed by atoms with E-state index in [0.717, 1.165) is 29.2 Å². The summed E-state index contributed by atoms with van der Waals surface area (Å²) in [5, 5.41) is 0. The lowest BCUT2D eigenvalue weighted by atomic mass is 10.2. The van der Waals surface area contributed by atoms with E-state index in [1.165, 1.54) is 0 Å². The first-order valence-corrected chi connectivity index (χ1v) is 6.94. The van der Waals surface area contributed by atoms with E-state index in [0.29, 0.717) is 12.1 Å². The summed E-state index contributed by atoms with van der Waals surface area (Å²) >= 11 is 0. The molecule has 5 nitrogen and oxygen atoms in total. The van der Waals surface area contributed by atoms with Crippen LogP contribution in [-0.4, -0.2) is 27.0 Å². The van der Waals surface area contributed by atoms with E-state index >= 15 is 0 Å². The number of benzene rings is 1. The highest BCUT2D eigenvalue weighted by Gasteiger charge is 2.29. The Morgan fingerprint density at radius 2 is 2.00 bits per heavy atom. The van der Waals surface area contributed by atoms with Gasteiger partial charge in [0, 0.05) is 25.0 Å². The number of carbonyl (C=O) groups is 1. The number of imidazole rings is 1. The van der Waals surface area contributed by atoms with E-state index in [1.54, 1.807) is 11.1 Å². The average molecular weight is 278 g/mol. The van der Waals surface area contributed by atoms with Gasteiger partial charge in [-0.1, -0.05) is 12.1 Å². The number of fused-ring (bicyclic) bond motifs is 3. The SMILES string of the molecule is Cc1ccc(C(=O)N2CCn3c2nc2ccccc23)cn1. The summed E-state index contributed by atoms with van der Waals surface area (Å²) < 4.78 is 2.09. The maximum absolute atomic E-state index is 12.6. The van der Waals surface area contributed by atoms with Crippen LogP contribution >= 0.6 is 0 Å². The summed E-state index contributed by atoms with van der Waals surface area (Å²) in [6.45, 7) is 3.34. The fourth-order valence-electron chi connectivity index (χ4n) is 2.73. The highest BCUT2D eigenvalue weighted by atomic mass is 16.2. The van der Waals surface area contributed by atoms with Crippen LogP contribution in [0.4, 0.5) is 5.95 Å². The lowest BCUT2D eigenvalue weighted by molar-refractivity contribution is 0.0988. The molecule has 0 spiro atoms. The third-order valence-electron chi connectivity index (χ3n) is 3.83. The zero-order valence-electron chi connectivity index (χ0n) is 11.7. The van der Waals surface area contributed by atoms with E-state index in [4.69, 9.17) is 0 Å². The smallest absolute Gasteiger partial charge is 0.262 e. The number of anilines is 1. The molecule has 3 heterocycles. The fourth-order valence-corrected chi connectivity index (χ4v) is 2.73. The van der Waals surface area contributed by atoms with E-state index in [1.807, 2.05) is 43.3 Å². The van der Waals surface area contributed by atoms with Crippen LogP contribution in [0.1, 0.15) is 16.1 Å². The number of hydrogen-bond donors (Lipinski definition) is 0. The van der Waals surface area contributed by atoms with Gasteiger partial charge in [-0.2, -0.15) is 0 Å². The largest absolute Gasteiger partial charge is 0.308 e. The first-order chi connectivity index (χ1) is 10.2. The average Bonchev–Trinajstić information content (AvgIpc) is 3.06. The van der Waals surface area contributed by atoms with Crippen LogP contribution in [0.5, 0.6) is 0 Å². The van der Waals surface area contributed by atoms with Gasteiger partial charge in [-0.15, -0.1) is 0 Å². The summed E-state index contributed by atoms with van der Waals surface area (Å²) in [5.74, 6) is 0.679. The Kier molecular flexibility index (Phi) is 2.54. The van der Waals surface area contributed by atoms with Gasteiger partial charge in [-0.05, 0) is 31.2 Å². The number of para-hydroxylation sites is 2. The standard InChI is InChI=1S/C16H14N4O/c1-11-6-7-12(10-17-11)15(21)20-9-8-19-14-5-3-2-4-13(14)18-16(19)20/h2-7,10H,8-9H2,1H3. The Labute approximate surface area is 121 Å². The topological polar surface area (TPSA) is 51.0 Å². The third kappa shape index (κ3) is 1.81. The number of hydrogen-bond acceptors (Lipinski definition) is 3. The van der Waals surface area contributed by atoms with Crippen LogP contribution in [0.3, 0.4) is 0 Å². The Bertz CT molecular complexity index is 835. The van der Waals surface area contributed by atoms with Crippen molar-refractivity contribution in [3.05, 3.63) is 53.9 Å². The van der Waals surface area contributed by atoms with Crippen molar-refractivity contribution in [2.75, 3.05) is 11.4 Å². The molecule has 0 radical (unpaired) electrons. The van der Waals surface area contributed by atoms with E-state index in [9.17, 15) is 4.79 Å². The number of pyridine rings is 1. The van der Waals surface area contributed by atoms with Gasteiger partial charge >= 0.3 is 0 Å². The van der Waals surface area contributed by atoms with Crippen molar-refractivity contribution in [3.63, 3.8) is 0 Å². The van der Waals surface area contributed by atoms with Crippen LogP contribution < -0.4 is 4.90 Å². The van der Waals surface area contributed by atoms with E-state index in [2.05, 4.69) is 14.5 Å². The summed E-state index contributed by atoms with van der Waals surface area (Å²) in [4.78, 5) is 23.1. The Morgan fingerprint density at radius 3 is 2.81 bits per heavy atom. The minimum atomic E-state index is -0.0449. The first kappa shape index (κ1) is 12.1. The lowest BCUT2D eigenvalue weighted by Gasteiger charge is -2.13. The molecule has 2 aromatic heterocycles. The molecule has 3 aromatic rings. The summed E-state index contributed by atoms with van der Waals surface area (Å²) in [5.41, 5.74) is 3.50. The Hall–Kier alpha value is -2.69. The molecular formula is C16H14N4O. The molecule has 0 saturated carbocycles. The van der Waals surface area contributed by atoms with Crippen LogP contribution in [0, 0.1) is 6.92 Å². The monoisotopic (exact) mass is 278 g/mol. The lowest BCUT2D eigenvalue weighted by Crippen LogP contribution is -2.29. The number of carbonyl (C=O) groups excluding carboxylic acids is 1. The van der Waals surface area contributed by atoms with Crippen molar-refractivity contribution in [1.82, 2.24) is 14.5 Å². The molecular weight excluding hydrogens is 264 g/mol. The van der Waals surface area contributed by atoms with Gasteiger partial charge in [0.1, 0.15) is 0 Å². The van der Waals surface area contributed by atoms with Crippen molar-refractivity contribution < 1.29 is 4.79 Å². The molecule has 104 valence electrons. The fraction of sp³-hybridized carbons (Fsp3) is 0.188. The summed E-state index contributed by atoms with van der Waals surface area (Å²) in [6.07, 6.45) is 1.63. The predicted molar refractivity (Wildman–Crippen MR) is 80.4 cm³/mol. The molecule has 1 amide bonds. The molecule has 0 unspecified atom stereocenters. The molecule has 21 heavy (non-hydrogen) atoms. The second kappa shape index (κ2) is 4.41. The number of aryl methyl sites for hydroxylation is 1. The Balaban J connectivity index is 1.76. The highest BCUT2D eigenvalue weighted by molar-refractivity contribution is 6.06. The van der Waals surface area contributed by atoms with Gasteiger partial charge < -0.3 is 4.57 Å². The molecule has 1 aliphatic heterocycles. The van der Waals surface area contributed by atoms with Gasteiger partial charge in [-0.3, -0.25) is 14.7 Å². The van der Waals surface area contributed by atoms with Crippen LogP contribution in [-0.2, 0) is 6.54 Å². The van der Waals surface area contributed by atoms with Gasteiger partial charge in [0.25, 0.3) is 5.91 Å². The number of amides is 1. The van der Waals surface area contributed by atoms with Crippen molar-refractivity contribution in [1.29, 1.82) is 0 Å². The first-order valence-electron chi connectivity index (χ1n) is 6.94. The molecule has 0 fully saturated rings. The molecule has 4 rings (SSSR count). The maximum Gasteiger partial charge on any atom is 0.262 e.